The van der Waals surface area contributed by atoms with Crippen LogP contribution in [0.1, 0.15) is 39.3 Å². The molecule has 2 rings (SSSR count). The summed E-state index contributed by atoms with van der Waals surface area (Å²) in [7, 11) is 0. The largest absolute Gasteiger partial charge is 0.597 e. The number of rotatable bonds is 3. The molecule has 2 atom stereocenters. The minimum absolute atomic E-state index is 0.0484. The fourth-order valence-corrected chi connectivity index (χ4v) is 3.73. The van der Waals surface area contributed by atoms with Crippen LogP contribution in [0.3, 0.4) is 0 Å². The van der Waals surface area contributed by atoms with E-state index in [4.69, 9.17) is 0 Å². The lowest BCUT2D eigenvalue weighted by molar-refractivity contribution is -0.114. The van der Waals surface area contributed by atoms with Gasteiger partial charge in [-0.15, -0.1) is 4.31 Å². The van der Waals surface area contributed by atoms with Gasteiger partial charge in [0.2, 0.25) is 0 Å². The topological polar surface area (TPSA) is 43.4 Å². The Hall–Kier alpha value is -1.10. The molecule has 0 radical (unpaired) electrons. The Labute approximate surface area is 124 Å². The molecule has 1 unspecified atom stereocenters. The maximum absolute atomic E-state index is 12.7. The smallest absolute Gasteiger partial charge is 0.157 e. The highest BCUT2D eigenvalue weighted by atomic mass is 32.2. The van der Waals surface area contributed by atoms with E-state index < -0.39 is 11.4 Å². The molecular weight excluding hydrogens is 270 g/mol. The molecule has 0 aromatic heterocycles. The highest BCUT2D eigenvalue weighted by molar-refractivity contribution is 7.90. The number of hydrogen-bond acceptors (Lipinski definition) is 3. The lowest BCUT2D eigenvalue weighted by Gasteiger charge is -2.34. The minimum atomic E-state index is -1.15. The number of hydrogen-bond donors (Lipinski definition) is 0. The molecule has 0 N–H and O–H groups in total. The maximum atomic E-state index is 12.7. The van der Waals surface area contributed by atoms with Crippen molar-refractivity contribution in [3.63, 3.8) is 0 Å². The number of benzene rings is 1. The van der Waals surface area contributed by atoms with Crippen LogP contribution < -0.4 is 0 Å². The van der Waals surface area contributed by atoms with Crippen molar-refractivity contribution >= 4 is 17.1 Å². The molecule has 4 heteroatoms. The number of ketones is 1. The average molecular weight is 291 g/mol. The van der Waals surface area contributed by atoms with Gasteiger partial charge in [-0.1, -0.05) is 36.4 Å². The lowest BCUT2D eigenvalue weighted by Crippen LogP contribution is -2.43. The molecule has 0 fully saturated rings. The van der Waals surface area contributed by atoms with E-state index in [2.05, 4.69) is 0 Å². The summed E-state index contributed by atoms with van der Waals surface area (Å²) in [5.74, 6) is 0.0484. The maximum Gasteiger partial charge on any atom is 0.157 e. The molecule has 0 saturated heterocycles. The summed E-state index contributed by atoms with van der Waals surface area (Å²) >= 11 is -1.15. The first kappa shape index (κ1) is 15.3. The van der Waals surface area contributed by atoms with Crippen molar-refractivity contribution in [3.8, 4) is 0 Å². The van der Waals surface area contributed by atoms with E-state index in [-0.39, 0.29) is 16.6 Å². The van der Waals surface area contributed by atoms with Gasteiger partial charge in [-0.25, -0.2) is 0 Å². The third-order valence-corrected chi connectivity index (χ3v) is 5.17. The van der Waals surface area contributed by atoms with Gasteiger partial charge in [0.15, 0.2) is 5.78 Å². The summed E-state index contributed by atoms with van der Waals surface area (Å²) in [5.41, 5.74) is 1.76. The molecule has 1 aliphatic heterocycles. The van der Waals surface area contributed by atoms with Gasteiger partial charge < -0.3 is 4.55 Å². The van der Waals surface area contributed by atoms with Crippen molar-refractivity contribution in [3.05, 3.63) is 47.5 Å². The molecule has 0 amide bonds. The zero-order chi connectivity index (χ0) is 14.9. The van der Waals surface area contributed by atoms with Crippen LogP contribution in [-0.2, 0) is 16.2 Å². The fourth-order valence-electron chi connectivity index (χ4n) is 2.39. The van der Waals surface area contributed by atoms with Gasteiger partial charge in [0, 0.05) is 16.9 Å². The first-order valence-electron chi connectivity index (χ1n) is 6.77. The van der Waals surface area contributed by atoms with Crippen LogP contribution in [0.4, 0.5) is 0 Å². The lowest BCUT2D eigenvalue weighted by atomic mass is 9.98. The van der Waals surface area contributed by atoms with Crippen LogP contribution in [0.25, 0.3) is 0 Å². The third kappa shape index (κ3) is 2.97. The van der Waals surface area contributed by atoms with E-state index in [1.165, 1.54) is 0 Å². The van der Waals surface area contributed by atoms with E-state index >= 15 is 0 Å². The van der Waals surface area contributed by atoms with E-state index in [9.17, 15) is 9.35 Å². The van der Waals surface area contributed by atoms with Crippen LogP contribution in [0.5, 0.6) is 0 Å². The quantitative estimate of drug-likeness (QED) is 0.804. The molecule has 3 nitrogen and oxygen atoms in total. The number of carbonyl (C=O) groups excluding carboxylic acids is 1. The van der Waals surface area contributed by atoms with Gasteiger partial charge in [0.05, 0.1) is 6.54 Å². The molecule has 20 heavy (non-hydrogen) atoms. The van der Waals surface area contributed by atoms with Gasteiger partial charge in [-0.2, -0.15) is 0 Å². The van der Waals surface area contributed by atoms with Gasteiger partial charge in [0.25, 0.3) is 0 Å². The van der Waals surface area contributed by atoms with Crippen LogP contribution >= 0.6 is 0 Å². The molecule has 0 aliphatic carbocycles. The molecular formula is C16H21NO2S. The SMILES string of the molecule is CC(=O)C1=CCN([S+]([O-])C(C)(C)C)[C@H]1c1ccccc1. The highest BCUT2D eigenvalue weighted by Crippen LogP contribution is 2.38. The van der Waals surface area contributed by atoms with Crippen molar-refractivity contribution in [1.29, 1.82) is 0 Å². The molecule has 0 spiro atoms. The monoisotopic (exact) mass is 291 g/mol. The Bertz CT molecular complexity index is 519. The van der Waals surface area contributed by atoms with Gasteiger partial charge in [-0.3, -0.25) is 4.79 Å². The summed E-state index contributed by atoms with van der Waals surface area (Å²) < 4.78 is 14.3. The number of Topliss-reactive ketones (excluding diaryl/α,β-unsaturated/α-hetero) is 1. The molecule has 1 aliphatic rings. The normalized spacial score (nSPS) is 21.6. The number of carbonyl (C=O) groups is 1. The Morgan fingerprint density at radius 2 is 1.90 bits per heavy atom. The summed E-state index contributed by atoms with van der Waals surface area (Å²) in [6.45, 7) is 7.99. The second-order valence-corrected chi connectivity index (χ2v) is 8.18. The summed E-state index contributed by atoms with van der Waals surface area (Å²) in [6, 6.07) is 9.61. The Balaban J connectivity index is 2.38. The highest BCUT2D eigenvalue weighted by Gasteiger charge is 2.43. The molecule has 0 bridgehead atoms. The zero-order valence-electron chi connectivity index (χ0n) is 12.4. The van der Waals surface area contributed by atoms with E-state index in [1.54, 1.807) is 6.92 Å². The van der Waals surface area contributed by atoms with Crippen LogP contribution in [0, 0.1) is 0 Å². The van der Waals surface area contributed by atoms with Crippen molar-refractivity contribution in [2.24, 2.45) is 0 Å². The van der Waals surface area contributed by atoms with Gasteiger partial charge >= 0.3 is 0 Å². The number of nitrogens with zero attached hydrogens (tertiary/aromatic N) is 1. The molecule has 1 aromatic rings. The van der Waals surface area contributed by atoms with Gasteiger partial charge in [-0.05, 0) is 33.3 Å². The predicted molar refractivity (Wildman–Crippen MR) is 82.5 cm³/mol. The summed E-state index contributed by atoms with van der Waals surface area (Å²) in [5, 5.41) is 0. The first-order chi connectivity index (χ1) is 9.32. The van der Waals surface area contributed by atoms with Crippen molar-refractivity contribution in [2.45, 2.75) is 38.5 Å². The predicted octanol–water partition coefficient (Wildman–Crippen LogP) is 3.02. The van der Waals surface area contributed by atoms with Gasteiger partial charge in [0.1, 0.15) is 10.8 Å². The third-order valence-electron chi connectivity index (χ3n) is 3.33. The van der Waals surface area contributed by atoms with Crippen LogP contribution in [0.15, 0.2) is 42.0 Å². The minimum Gasteiger partial charge on any atom is -0.597 e. The van der Waals surface area contributed by atoms with E-state index in [0.29, 0.717) is 6.54 Å². The molecule has 1 heterocycles. The molecule has 0 saturated carbocycles. The summed E-state index contributed by atoms with van der Waals surface area (Å²) in [6.07, 6.45) is 1.91. The van der Waals surface area contributed by atoms with Crippen LogP contribution in [-0.4, -0.2) is 25.9 Å². The zero-order valence-corrected chi connectivity index (χ0v) is 13.2. The first-order valence-corrected chi connectivity index (χ1v) is 7.87. The van der Waals surface area contributed by atoms with E-state index in [0.717, 1.165) is 11.1 Å². The van der Waals surface area contributed by atoms with Crippen molar-refractivity contribution in [2.75, 3.05) is 6.54 Å². The second-order valence-electron chi connectivity index (χ2n) is 5.99. The standard InChI is InChI=1S/C16H21NO2S/c1-12(18)14-10-11-17(20(19)16(2,3)4)15(14)13-8-6-5-7-9-13/h5-10,15H,11H2,1-4H3/t15-,20?/m0/s1. The second kappa shape index (κ2) is 5.72. The Kier molecular flexibility index (Phi) is 4.37. The summed E-state index contributed by atoms with van der Waals surface area (Å²) in [4.78, 5) is 11.9. The Morgan fingerprint density at radius 1 is 1.30 bits per heavy atom. The molecule has 1 aromatic carbocycles. The molecule has 108 valence electrons. The average Bonchev–Trinajstić information content (AvgIpc) is 2.82. The van der Waals surface area contributed by atoms with Crippen LogP contribution in [0.2, 0.25) is 0 Å². The Morgan fingerprint density at radius 3 is 2.40 bits per heavy atom. The van der Waals surface area contributed by atoms with Crippen molar-refractivity contribution in [1.82, 2.24) is 4.31 Å². The fraction of sp³-hybridized carbons (Fsp3) is 0.438. The van der Waals surface area contributed by atoms with E-state index in [1.807, 2.05) is 61.5 Å². The van der Waals surface area contributed by atoms with Crippen molar-refractivity contribution < 1.29 is 9.35 Å².